The first-order valence-corrected chi connectivity index (χ1v) is 8.54. The Kier molecular flexibility index (Phi) is 5.13. The highest BCUT2D eigenvalue weighted by atomic mass is 16.5. The van der Waals surface area contributed by atoms with E-state index in [2.05, 4.69) is 15.5 Å². The van der Waals surface area contributed by atoms with Gasteiger partial charge in [-0.2, -0.15) is 0 Å². The molecule has 0 aromatic heterocycles. The third-order valence-corrected chi connectivity index (χ3v) is 5.12. The van der Waals surface area contributed by atoms with Crippen LogP contribution >= 0.6 is 0 Å². The van der Waals surface area contributed by atoms with Crippen molar-refractivity contribution in [2.75, 3.05) is 45.7 Å². The number of hydrogen-bond donors (Lipinski definition) is 2. The van der Waals surface area contributed by atoms with Gasteiger partial charge in [-0.25, -0.2) is 0 Å². The van der Waals surface area contributed by atoms with Gasteiger partial charge in [0.05, 0.1) is 20.8 Å². The van der Waals surface area contributed by atoms with Gasteiger partial charge in [0.1, 0.15) is 11.5 Å². The van der Waals surface area contributed by atoms with Crippen LogP contribution in [-0.2, 0) is 9.59 Å². The number of carbonyl (C=O) groups excluding carboxylic acids is 2. The minimum absolute atomic E-state index is 0.0631. The van der Waals surface area contributed by atoms with E-state index >= 15 is 0 Å². The Morgan fingerprint density at radius 1 is 1.20 bits per heavy atom. The van der Waals surface area contributed by atoms with Crippen LogP contribution in [0.5, 0.6) is 11.5 Å². The van der Waals surface area contributed by atoms with Gasteiger partial charge in [0.2, 0.25) is 11.8 Å². The quantitative estimate of drug-likeness (QED) is 0.838. The van der Waals surface area contributed by atoms with Gasteiger partial charge in [0, 0.05) is 36.9 Å². The first-order chi connectivity index (χ1) is 12.0. The number of methoxy groups -OCH3 is 2. The molecule has 1 aromatic rings. The Hall–Kier alpha value is -2.28. The fourth-order valence-corrected chi connectivity index (χ4v) is 3.57. The number of anilines is 1. The number of hydrogen-bond acceptors (Lipinski definition) is 5. The number of benzene rings is 1. The van der Waals surface area contributed by atoms with Crippen LogP contribution in [0.4, 0.5) is 5.69 Å². The molecule has 0 radical (unpaired) electrons. The van der Waals surface area contributed by atoms with Crippen molar-refractivity contribution in [3.63, 3.8) is 0 Å². The lowest BCUT2D eigenvalue weighted by Crippen LogP contribution is -2.44. The van der Waals surface area contributed by atoms with Crippen LogP contribution < -0.4 is 20.1 Å². The van der Waals surface area contributed by atoms with Crippen molar-refractivity contribution in [2.45, 2.75) is 19.3 Å². The molecule has 7 nitrogen and oxygen atoms in total. The molecule has 1 aromatic carbocycles. The van der Waals surface area contributed by atoms with Crippen LogP contribution in [0, 0.1) is 5.41 Å². The number of nitrogens with zero attached hydrogens (tertiary/aromatic N) is 1. The summed E-state index contributed by atoms with van der Waals surface area (Å²) in [5, 5.41) is 5.83. The minimum Gasteiger partial charge on any atom is -0.497 e. The zero-order chi connectivity index (χ0) is 17.9. The standard InChI is InChI=1S/C18H25N3O4/c1-24-14-7-13(8-15(9-14)25-2)20-17(23)11-21-5-3-18(4-6-21)10-16(22)19-12-18/h7-9H,3-6,10-12H2,1-2H3,(H,19,22)(H,20,23). The fourth-order valence-electron chi connectivity index (χ4n) is 3.57. The summed E-state index contributed by atoms with van der Waals surface area (Å²) < 4.78 is 10.4. The van der Waals surface area contributed by atoms with Gasteiger partial charge in [-0.1, -0.05) is 0 Å². The highest BCUT2D eigenvalue weighted by molar-refractivity contribution is 5.92. The second kappa shape index (κ2) is 7.31. The molecule has 2 aliphatic rings. The van der Waals surface area contributed by atoms with Crippen molar-refractivity contribution in [1.82, 2.24) is 10.2 Å². The normalized spacial score (nSPS) is 19.5. The van der Waals surface area contributed by atoms with Crippen molar-refractivity contribution in [3.05, 3.63) is 18.2 Å². The van der Waals surface area contributed by atoms with E-state index in [0.29, 0.717) is 30.2 Å². The molecule has 3 rings (SSSR count). The molecule has 0 saturated carbocycles. The summed E-state index contributed by atoms with van der Waals surface area (Å²) in [7, 11) is 3.15. The van der Waals surface area contributed by atoms with Crippen LogP contribution in [-0.4, -0.2) is 57.1 Å². The van der Waals surface area contributed by atoms with Gasteiger partial charge < -0.3 is 20.1 Å². The van der Waals surface area contributed by atoms with Crippen LogP contribution in [0.3, 0.4) is 0 Å². The molecule has 1 spiro atoms. The van der Waals surface area contributed by atoms with Crippen molar-refractivity contribution in [1.29, 1.82) is 0 Å². The van der Waals surface area contributed by atoms with Gasteiger partial charge in [0.25, 0.3) is 0 Å². The number of piperidine rings is 1. The summed E-state index contributed by atoms with van der Waals surface area (Å²) in [4.78, 5) is 26.0. The molecule has 2 saturated heterocycles. The SMILES string of the molecule is COc1cc(NC(=O)CN2CCC3(CC2)CNC(=O)C3)cc(OC)c1. The molecule has 25 heavy (non-hydrogen) atoms. The summed E-state index contributed by atoms with van der Waals surface area (Å²) in [6.45, 7) is 2.79. The zero-order valence-corrected chi connectivity index (χ0v) is 14.8. The highest BCUT2D eigenvalue weighted by Gasteiger charge is 2.40. The molecule has 136 valence electrons. The first kappa shape index (κ1) is 17.5. The second-order valence-electron chi connectivity index (χ2n) is 6.88. The number of carbonyl (C=O) groups is 2. The summed E-state index contributed by atoms with van der Waals surface area (Å²) >= 11 is 0. The van der Waals surface area contributed by atoms with Crippen LogP contribution in [0.25, 0.3) is 0 Å². The maximum Gasteiger partial charge on any atom is 0.238 e. The number of amides is 2. The molecular formula is C18H25N3O4. The Bertz CT molecular complexity index is 631. The van der Waals surface area contributed by atoms with Crippen molar-refractivity contribution in [2.24, 2.45) is 5.41 Å². The molecule has 2 aliphatic heterocycles. The molecule has 7 heteroatoms. The van der Waals surface area contributed by atoms with Gasteiger partial charge in [0.15, 0.2) is 0 Å². The highest BCUT2D eigenvalue weighted by Crippen LogP contribution is 2.37. The van der Waals surface area contributed by atoms with Crippen molar-refractivity contribution in [3.8, 4) is 11.5 Å². The van der Waals surface area contributed by atoms with E-state index < -0.39 is 0 Å². The Balaban J connectivity index is 1.53. The minimum atomic E-state index is -0.0631. The number of rotatable bonds is 5. The summed E-state index contributed by atoms with van der Waals surface area (Å²) in [5.74, 6) is 1.35. The van der Waals surface area contributed by atoms with E-state index in [4.69, 9.17) is 9.47 Å². The molecule has 0 bridgehead atoms. The smallest absolute Gasteiger partial charge is 0.238 e. The monoisotopic (exact) mass is 347 g/mol. The maximum absolute atomic E-state index is 12.3. The van der Waals surface area contributed by atoms with Gasteiger partial charge in [-0.15, -0.1) is 0 Å². The molecule has 0 aliphatic carbocycles. The van der Waals surface area contributed by atoms with Crippen molar-refractivity contribution < 1.29 is 19.1 Å². The molecule has 0 atom stereocenters. The average molecular weight is 347 g/mol. The predicted molar refractivity (Wildman–Crippen MR) is 93.9 cm³/mol. The van der Waals surface area contributed by atoms with E-state index in [1.54, 1.807) is 32.4 Å². The van der Waals surface area contributed by atoms with E-state index in [9.17, 15) is 9.59 Å². The fraction of sp³-hybridized carbons (Fsp3) is 0.556. The summed E-state index contributed by atoms with van der Waals surface area (Å²) in [6.07, 6.45) is 2.52. The Morgan fingerprint density at radius 3 is 2.36 bits per heavy atom. The van der Waals surface area contributed by atoms with E-state index in [0.717, 1.165) is 32.5 Å². The largest absolute Gasteiger partial charge is 0.497 e. The Labute approximate surface area is 147 Å². The maximum atomic E-state index is 12.3. The van der Waals surface area contributed by atoms with Crippen LogP contribution in [0.15, 0.2) is 18.2 Å². The Morgan fingerprint density at radius 2 is 1.84 bits per heavy atom. The lowest BCUT2D eigenvalue weighted by atomic mass is 9.78. The van der Waals surface area contributed by atoms with E-state index in [-0.39, 0.29) is 17.2 Å². The van der Waals surface area contributed by atoms with Gasteiger partial charge in [-0.3, -0.25) is 14.5 Å². The molecule has 2 N–H and O–H groups in total. The topological polar surface area (TPSA) is 79.9 Å². The van der Waals surface area contributed by atoms with Crippen LogP contribution in [0.1, 0.15) is 19.3 Å². The average Bonchev–Trinajstić information content (AvgIpc) is 2.97. The number of likely N-dealkylation sites (tertiary alicyclic amines) is 1. The first-order valence-electron chi connectivity index (χ1n) is 8.54. The number of nitrogens with one attached hydrogen (secondary N) is 2. The third-order valence-electron chi connectivity index (χ3n) is 5.12. The van der Waals surface area contributed by atoms with Crippen LogP contribution in [0.2, 0.25) is 0 Å². The van der Waals surface area contributed by atoms with Gasteiger partial charge in [-0.05, 0) is 31.3 Å². The predicted octanol–water partition coefficient (Wildman–Crippen LogP) is 1.24. The summed E-state index contributed by atoms with van der Waals surface area (Å²) in [5.41, 5.74) is 0.754. The summed E-state index contributed by atoms with van der Waals surface area (Å²) in [6, 6.07) is 5.29. The van der Waals surface area contributed by atoms with E-state index in [1.165, 1.54) is 0 Å². The molecular weight excluding hydrogens is 322 g/mol. The van der Waals surface area contributed by atoms with Gasteiger partial charge >= 0.3 is 0 Å². The van der Waals surface area contributed by atoms with E-state index in [1.807, 2.05) is 0 Å². The molecule has 2 amide bonds. The molecule has 0 unspecified atom stereocenters. The zero-order valence-electron chi connectivity index (χ0n) is 14.8. The lowest BCUT2D eigenvalue weighted by Gasteiger charge is -2.37. The lowest BCUT2D eigenvalue weighted by molar-refractivity contribution is -0.120. The molecule has 2 heterocycles. The second-order valence-corrected chi connectivity index (χ2v) is 6.88. The van der Waals surface area contributed by atoms with Crippen molar-refractivity contribution >= 4 is 17.5 Å². The third kappa shape index (κ3) is 4.22. The molecule has 2 fully saturated rings. The number of ether oxygens (including phenoxy) is 2.